The first-order valence-electron chi connectivity index (χ1n) is 10.4. The molecule has 4 aromatic rings. The zero-order valence-corrected chi connectivity index (χ0v) is 17.6. The number of aromatic nitrogens is 5. The number of hydrogen-bond acceptors (Lipinski definition) is 7. The average Bonchev–Trinajstić information content (AvgIpc) is 3.26. The smallest absolute Gasteiger partial charge is 0.227 e. The number of nitrogens with zero attached hydrogens (tertiary/aromatic N) is 6. The minimum atomic E-state index is -0.295. The van der Waals surface area contributed by atoms with Crippen molar-refractivity contribution in [1.29, 1.82) is 0 Å². The van der Waals surface area contributed by atoms with Crippen LogP contribution in [0.15, 0.2) is 61.1 Å². The highest BCUT2D eigenvalue weighted by Gasteiger charge is 2.14. The third-order valence-corrected chi connectivity index (χ3v) is 5.20. The van der Waals surface area contributed by atoms with E-state index in [0.29, 0.717) is 36.2 Å². The van der Waals surface area contributed by atoms with Gasteiger partial charge in [0.05, 0.1) is 24.6 Å². The minimum Gasteiger partial charge on any atom is -0.378 e. The van der Waals surface area contributed by atoms with Crippen LogP contribution in [-0.2, 0) is 4.74 Å². The third kappa shape index (κ3) is 4.42. The van der Waals surface area contributed by atoms with Gasteiger partial charge in [-0.2, -0.15) is 5.10 Å². The highest BCUT2D eigenvalue weighted by molar-refractivity contribution is 5.67. The number of nitrogens with one attached hydrogen (secondary N) is 1. The molecule has 0 aliphatic carbocycles. The fourth-order valence-electron chi connectivity index (χ4n) is 3.60. The lowest BCUT2D eigenvalue weighted by molar-refractivity contribution is 0.122. The summed E-state index contributed by atoms with van der Waals surface area (Å²) in [6.07, 6.45) is 3.34. The number of ether oxygens (including phenoxy) is 1. The van der Waals surface area contributed by atoms with Crippen LogP contribution in [0.5, 0.6) is 0 Å². The molecule has 9 heteroatoms. The van der Waals surface area contributed by atoms with Crippen molar-refractivity contribution in [3.8, 4) is 16.9 Å². The van der Waals surface area contributed by atoms with E-state index < -0.39 is 0 Å². The molecule has 1 N–H and O–H groups in total. The van der Waals surface area contributed by atoms with Crippen LogP contribution in [0.3, 0.4) is 0 Å². The van der Waals surface area contributed by atoms with E-state index in [9.17, 15) is 4.39 Å². The van der Waals surface area contributed by atoms with Crippen LogP contribution in [0.25, 0.3) is 16.9 Å². The Labute approximate surface area is 184 Å². The monoisotopic (exact) mass is 431 g/mol. The lowest BCUT2D eigenvalue weighted by Crippen LogP contribution is -2.36. The molecular formula is C23H22FN7O. The van der Waals surface area contributed by atoms with Gasteiger partial charge in [-0.1, -0.05) is 0 Å². The Balaban J connectivity index is 1.36. The molecule has 3 heterocycles. The highest BCUT2D eigenvalue weighted by atomic mass is 19.1. The third-order valence-electron chi connectivity index (χ3n) is 5.20. The van der Waals surface area contributed by atoms with Crippen LogP contribution < -0.4 is 10.2 Å². The standard InChI is InChI=1S/C23H22FN7O/c1-16-26-15-31(29-16)20-4-2-19(3-5-20)27-23-25-7-6-22(28-23)17-12-18(24)14-21(13-17)30-8-10-32-11-9-30/h2-7,12-15H,8-11H2,1H3,(H,25,27,28). The van der Waals surface area contributed by atoms with Crippen LogP contribution in [-0.4, -0.2) is 51.0 Å². The Morgan fingerprint density at radius 1 is 0.969 bits per heavy atom. The van der Waals surface area contributed by atoms with Gasteiger partial charge in [-0.15, -0.1) is 0 Å². The van der Waals surface area contributed by atoms with E-state index in [0.717, 1.165) is 30.2 Å². The molecule has 0 saturated carbocycles. The molecule has 2 aromatic heterocycles. The van der Waals surface area contributed by atoms with E-state index in [2.05, 4.69) is 30.3 Å². The second-order valence-corrected chi connectivity index (χ2v) is 7.47. The Morgan fingerprint density at radius 3 is 2.53 bits per heavy atom. The molecular weight excluding hydrogens is 409 g/mol. The lowest BCUT2D eigenvalue weighted by Gasteiger charge is -2.29. The van der Waals surface area contributed by atoms with Crippen molar-refractivity contribution in [2.75, 3.05) is 36.5 Å². The Hall–Kier alpha value is -3.85. The van der Waals surface area contributed by atoms with Crippen molar-refractivity contribution in [2.45, 2.75) is 6.92 Å². The van der Waals surface area contributed by atoms with E-state index in [1.165, 1.54) is 6.07 Å². The molecule has 1 aliphatic heterocycles. The molecule has 5 rings (SSSR count). The van der Waals surface area contributed by atoms with Crippen molar-refractivity contribution in [2.24, 2.45) is 0 Å². The fraction of sp³-hybridized carbons (Fsp3) is 0.217. The molecule has 0 unspecified atom stereocenters. The largest absolute Gasteiger partial charge is 0.378 e. The van der Waals surface area contributed by atoms with Crippen molar-refractivity contribution in [1.82, 2.24) is 24.7 Å². The summed E-state index contributed by atoms with van der Waals surface area (Å²) >= 11 is 0. The van der Waals surface area contributed by atoms with Gasteiger partial charge in [-0.3, -0.25) is 0 Å². The van der Waals surface area contributed by atoms with E-state index in [4.69, 9.17) is 4.74 Å². The number of morpholine rings is 1. The normalized spacial score (nSPS) is 13.9. The van der Waals surface area contributed by atoms with E-state index in [-0.39, 0.29) is 5.82 Å². The maximum atomic E-state index is 14.4. The van der Waals surface area contributed by atoms with Gasteiger partial charge in [-0.25, -0.2) is 24.0 Å². The summed E-state index contributed by atoms with van der Waals surface area (Å²) < 4.78 is 21.5. The van der Waals surface area contributed by atoms with Crippen LogP contribution in [0.2, 0.25) is 0 Å². The van der Waals surface area contributed by atoms with Gasteiger partial charge in [0.15, 0.2) is 0 Å². The molecule has 32 heavy (non-hydrogen) atoms. The first-order valence-corrected chi connectivity index (χ1v) is 10.4. The summed E-state index contributed by atoms with van der Waals surface area (Å²) in [6, 6.07) is 14.5. The maximum absolute atomic E-state index is 14.4. The lowest BCUT2D eigenvalue weighted by atomic mass is 10.1. The predicted molar refractivity (Wildman–Crippen MR) is 120 cm³/mol. The topological polar surface area (TPSA) is 81.0 Å². The first kappa shape index (κ1) is 20.1. The summed E-state index contributed by atoms with van der Waals surface area (Å²) in [4.78, 5) is 15.2. The van der Waals surface area contributed by atoms with Gasteiger partial charge >= 0.3 is 0 Å². The number of hydrogen-bond donors (Lipinski definition) is 1. The molecule has 2 aromatic carbocycles. The highest BCUT2D eigenvalue weighted by Crippen LogP contribution is 2.27. The molecule has 1 fully saturated rings. The molecule has 0 amide bonds. The van der Waals surface area contributed by atoms with Crippen molar-refractivity contribution in [3.63, 3.8) is 0 Å². The Kier molecular flexibility index (Phi) is 5.47. The summed E-state index contributed by atoms with van der Waals surface area (Å²) in [6.45, 7) is 4.61. The van der Waals surface area contributed by atoms with Gasteiger partial charge < -0.3 is 15.0 Å². The molecule has 0 radical (unpaired) electrons. The Morgan fingerprint density at radius 2 is 1.78 bits per heavy atom. The van der Waals surface area contributed by atoms with Gasteiger partial charge in [0, 0.05) is 36.2 Å². The summed E-state index contributed by atoms with van der Waals surface area (Å²) in [5.41, 5.74) is 3.91. The molecule has 1 aliphatic rings. The summed E-state index contributed by atoms with van der Waals surface area (Å²) in [7, 11) is 0. The fourth-order valence-corrected chi connectivity index (χ4v) is 3.60. The van der Waals surface area contributed by atoms with Gasteiger partial charge in [0.1, 0.15) is 18.0 Å². The average molecular weight is 431 g/mol. The van der Waals surface area contributed by atoms with Crippen LogP contribution in [0, 0.1) is 12.7 Å². The zero-order valence-electron chi connectivity index (χ0n) is 17.6. The SMILES string of the molecule is Cc1ncn(-c2ccc(Nc3nccc(-c4cc(F)cc(N5CCOCC5)c4)n3)cc2)n1. The number of rotatable bonds is 5. The molecule has 1 saturated heterocycles. The van der Waals surface area contributed by atoms with Crippen molar-refractivity contribution in [3.05, 3.63) is 72.7 Å². The molecule has 0 bridgehead atoms. The van der Waals surface area contributed by atoms with Gasteiger partial charge in [0.2, 0.25) is 5.95 Å². The number of anilines is 3. The van der Waals surface area contributed by atoms with E-state index in [1.54, 1.807) is 29.3 Å². The quantitative estimate of drug-likeness (QED) is 0.515. The Bertz CT molecular complexity index is 1220. The van der Waals surface area contributed by atoms with Crippen LogP contribution in [0.4, 0.5) is 21.7 Å². The van der Waals surface area contributed by atoms with Crippen LogP contribution in [0.1, 0.15) is 5.82 Å². The zero-order chi connectivity index (χ0) is 21.9. The summed E-state index contributed by atoms with van der Waals surface area (Å²) in [5.74, 6) is 0.853. The van der Waals surface area contributed by atoms with Crippen molar-refractivity contribution >= 4 is 17.3 Å². The van der Waals surface area contributed by atoms with E-state index in [1.807, 2.05) is 37.3 Å². The van der Waals surface area contributed by atoms with Crippen molar-refractivity contribution < 1.29 is 9.13 Å². The van der Waals surface area contributed by atoms with E-state index >= 15 is 0 Å². The summed E-state index contributed by atoms with van der Waals surface area (Å²) in [5, 5.41) is 7.51. The van der Waals surface area contributed by atoms with Gasteiger partial charge in [-0.05, 0) is 55.5 Å². The van der Waals surface area contributed by atoms with Crippen LogP contribution >= 0.6 is 0 Å². The second kappa shape index (κ2) is 8.72. The molecule has 162 valence electrons. The van der Waals surface area contributed by atoms with Gasteiger partial charge in [0.25, 0.3) is 0 Å². The maximum Gasteiger partial charge on any atom is 0.227 e. The molecule has 0 atom stereocenters. The minimum absolute atomic E-state index is 0.295. The molecule has 8 nitrogen and oxygen atoms in total. The first-order chi connectivity index (χ1) is 15.6. The number of halogens is 1. The second-order valence-electron chi connectivity index (χ2n) is 7.47. The predicted octanol–water partition coefficient (Wildman–Crippen LogP) is 3.75. The molecule has 0 spiro atoms. The number of aryl methyl sites for hydroxylation is 1. The number of benzene rings is 2.